The molecule has 1 heterocycles. The van der Waals surface area contributed by atoms with Crippen molar-refractivity contribution in [3.05, 3.63) is 36.2 Å². The van der Waals surface area contributed by atoms with Gasteiger partial charge in [0.15, 0.2) is 0 Å². The van der Waals surface area contributed by atoms with Crippen LogP contribution in [-0.2, 0) is 13.0 Å². The van der Waals surface area contributed by atoms with E-state index in [1.54, 1.807) is 0 Å². The Labute approximate surface area is 91.2 Å². The molecule has 0 aliphatic heterocycles. The van der Waals surface area contributed by atoms with Crippen molar-refractivity contribution in [2.24, 2.45) is 5.41 Å². The molecule has 1 aliphatic carbocycles. The molecule has 0 saturated carbocycles. The van der Waals surface area contributed by atoms with Crippen molar-refractivity contribution in [2.45, 2.75) is 39.3 Å². The quantitative estimate of drug-likeness (QED) is 0.738. The minimum atomic E-state index is -0.296. The van der Waals surface area contributed by atoms with E-state index in [-0.39, 0.29) is 11.5 Å². The Morgan fingerprint density at radius 3 is 3.07 bits per heavy atom. The molecule has 1 aromatic rings. The molecule has 2 heteroatoms. The molecule has 0 bridgehead atoms. The molecule has 0 fully saturated rings. The van der Waals surface area contributed by atoms with Gasteiger partial charge in [0.05, 0.1) is 6.10 Å². The summed E-state index contributed by atoms with van der Waals surface area (Å²) in [7, 11) is 0. The minimum absolute atomic E-state index is 0.198. The van der Waals surface area contributed by atoms with Crippen molar-refractivity contribution in [2.75, 3.05) is 0 Å². The molecule has 0 saturated heterocycles. The van der Waals surface area contributed by atoms with Crippen LogP contribution in [0.3, 0.4) is 0 Å². The van der Waals surface area contributed by atoms with Gasteiger partial charge in [-0.25, -0.2) is 0 Å². The predicted molar refractivity (Wildman–Crippen MR) is 61.7 cm³/mol. The van der Waals surface area contributed by atoms with E-state index in [0.29, 0.717) is 0 Å². The van der Waals surface area contributed by atoms with Gasteiger partial charge in [0.1, 0.15) is 0 Å². The number of rotatable bonds is 2. The fourth-order valence-corrected chi connectivity index (χ4v) is 2.50. The van der Waals surface area contributed by atoms with E-state index < -0.39 is 0 Å². The first kappa shape index (κ1) is 10.5. The fourth-order valence-electron chi connectivity index (χ4n) is 2.50. The summed E-state index contributed by atoms with van der Waals surface area (Å²) in [6.45, 7) is 9.01. The SMILES string of the molecule is C=CCn1ccc2c1CC(C)(C)CC2O. The standard InChI is InChI=1S/C13H19NO/c1-4-6-14-7-5-10-11(14)8-13(2,3)9-12(10)15/h4-5,7,12,15H,1,6,8-9H2,2-3H3. The Kier molecular flexibility index (Phi) is 2.47. The molecular formula is C13H19NO. The third-order valence-electron chi connectivity index (χ3n) is 3.19. The maximum atomic E-state index is 10.0. The van der Waals surface area contributed by atoms with Crippen LogP contribution in [0.25, 0.3) is 0 Å². The summed E-state index contributed by atoms with van der Waals surface area (Å²) < 4.78 is 2.19. The van der Waals surface area contributed by atoms with Gasteiger partial charge in [-0.1, -0.05) is 19.9 Å². The smallest absolute Gasteiger partial charge is 0.0812 e. The van der Waals surface area contributed by atoms with Crippen molar-refractivity contribution in [1.29, 1.82) is 0 Å². The van der Waals surface area contributed by atoms with Crippen LogP contribution in [-0.4, -0.2) is 9.67 Å². The minimum Gasteiger partial charge on any atom is -0.388 e. The summed E-state index contributed by atoms with van der Waals surface area (Å²) in [6.07, 6.45) is 5.55. The van der Waals surface area contributed by atoms with Crippen LogP contribution < -0.4 is 0 Å². The van der Waals surface area contributed by atoms with Crippen molar-refractivity contribution in [3.8, 4) is 0 Å². The van der Waals surface area contributed by atoms with Gasteiger partial charge in [-0.3, -0.25) is 0 Å². The molecule has 15 heavy (non-hydrogen) atoms. The Morgan fingerprint density at radius 1 is 1.67 bits per heavy atom. The summed E-state index contributed by atoms with van der Waals surface area (Å²) in [5, 5.41) is 10.0. The van der Waals surface area contributed by atoms with Crippen molar-refractivity contribution >= 4 is 0 Å². The molecule has 82 valence electrons. The number of aliphatic hydroxyl groups is 1. The van der Waals surface area contributed by atoms with Crippen molar-refractivity contribution < 1.29 is 5.11 Å². The highest BCUT2D eigenvalue weighted by atomic mass is 16.3. The third kappa shape index (κ3) is 1.86. The third-order valence-corrected chi connectivity index (χ3v) is 3.19. The summed E-state index contributed by atoms with van der Waals surface area (Å²) >= 11 is 0. The molecule has 0 aromatic carbocycles. The Balaban J connectivity index is 2.40. The summed E-state index contributed by atoms with van der Waals surface area (Å²) in [6, 6.07) is 2.04. The van der Waals surface area contributed by atoms with E-state index in [9.17, 15) is 5.11 Å². The summed E-state index contributed by atoms with van der Waals surface area (Å²) in [4.78, 5) is 0. The summed E-state index contributed by atoms with van der Waals surface area (Å²) in [5.41, 5.74) is 2.58. The second-order valence-corrected chi connectivity index (χ2v) is 5.22. The largest absolute Gasteiger partial charge is 0.388 e. The van der Waals surface area contributed by atoms with Crippen molar-refractivity contribution in [1.82, 2.24) is 4.57 Å². The lowest BCUT2D eigenvalue weighted by Crippen LogP contribution is -2.26. The maximum Gasteiger partial charge on any atom is 0.0812 e. The van der Waals surface area contributed by atoms with Crippen LogP contribution >= 0.6 is 0 Å². The average Bonchev–Trinajstić information content (AvgIpc) is 2.47. The second-order valence-electron chi connectivity index (χ2n) is 5.22. The molecule has 1 aromatic heterocycles. The highest BCUT2D eigenvalue weighted by molar-refractivity contribution is 5.29. The molecule has 0 radical (unpaired) electrons. The van der Waals surface area contributed by atoms with E-state index >= 15 is 0 Å². The molecule has 1 atom stereocenters. The fraction of sp³-hybridized carbons (Fsp3) is 0.538. The van der Waals surface area contributed by atoms with Crippen molar-refractivity contribution in [3.63, 3.8) is 0 Å². The number of aromatic nitrogens is 1. The Bertz CT molecular complexity index is 376. The Hall–Kier alpha value is -1.02. The molecule has 2 rings (SSSR count). The molecule has 1 N–H and O–H groups in total. The van der Waals surface area contributed by atoms with Gasteiger partial charge in [0.2, 0.25) is 0 Å². The van der Waals surface area contributed by atoms with Crippen LogP contribution in [0.5, 0.6) is 0 Å². The summed E-state index contributed by atoms with van der Waals surface area (Å²) in [5.74, 6) is 0. The predicted octanol–water partition coefficient (Wildman–Crippen LogP) is 2.68. The van der Waals surface area contributed by atoms with Gasteiger partial charge in [-0.2, -0.15) is 0 Å². The number of hydrogen-bond donors (Lipinski definition) is 1. The van der Waals surface area contributed by atoms with Gasteiger partial charge in [0.25, 0.3) is 0 Å². The second kappa shape index (κ2) is 3.53. The van der Waals surface area contributed by atoms with E-state index in [0.717, 1.165) is 24.9 Å². The van der Waals surface area contributed by atoms with Crippen LogP contribution in [0.15, 0.2) is 24.9 Å². The number of allylic oxidation sites excluding steroid dienone is 1. The zero-order chi connectivity index (χ0) is 11.1. The van der Waals surface area contributed by atoms with Gasteiger partial charge in [-0.05, 0) is 24.3 Å². The normalized spacial score (nSPS) is 23.5. The zero-order valence-electron chi connectivity index (χ0n) is 9.53. The topological polar surface area (TPSA) is 25.2 Å². The highest BCUT2D eigenvalue weighted by Gasteiger charge is 2.32. The highest BCUT2D eigenvalue weighted by Crippen LogP contribution is 2.40. The number of aliphatic hydroxyl groups excluding tert-OH is 1. The van der Waals surface area contributed by atoms with Crippen LogP contribution in [0, 0.1) is 5.41 Å². The molecular weight excluding hydrogens is 186 g/mol. The van der Waals surface area contributed by atoms with Gasteiger partial charge in [0, 0.05) is 24.0 Å². The molecule has 0 amide bonds. The monoisotopic (exact) mass is 205 g/mol. The maximum absolute atomic E-state index is 10.0. The van der Waals surface area contributed by atoms with E-state index in [1.807, 2.05) is 12.1 Å². The molecule has 1 unspecified atom stereocenters. The molecule has 2 nitrogen and oxygen atoms in total. The average molecular weight is 205 g/mol. The molecule has 1 aliphatic rings. The van der Waals surface area contributed by atoms with Gasteiger partial charge >= 0.3 is 0 Å². The van der Waals surface area contributed by atoms with E-state index in [4.69, 9.17) is 0 Å². The van der Waals surface area contributed by atoms with E-state index in [1.165, 1.54) is 5.69 Å². The van der Waals surface area contributed by atoms with Gasteiger partial charge < -0.3 is 9.67 Å². The van der Waals surface area contributed by atoms with E-state index in [2.05, 4.69) is 31.2 Å². The number of hydrogen-bond acceptors (Lipinski definition) is 1. The lowest BCUT2D eigenvalue weighted by atomic mass is 9.75. The number of nitrogens with zero attached hydrogens (tertiary/aromatic N) is 1. The first-order valence-corrected chi connectivity index (χ1v) is 5.50. The first-order chi connectivity index (χ1) is 7.03. The molecule has 0 spiro atoms. The first-order valence-electron chi connectivity index (χ1n) is 5.50. The number of fused-ring (bicyclic) bond motifs is 1. The lowest BCUT2D eigenvalue weighted by Gasteiger charge is -2.33. The van der Waals surface area contributed by atoms with Crippen LogP contribution in [0.2, 0.25) is 0 Å². The van der Waals surface area contributed by atoms with Crippen LogP contribution in [0.4, 0.5) is 0 Å². The lowest BCUT2D eigenvalue weighted by molar-refractivity contribution is 0.0981. The van der Waals surface area contributed by atoms with Gasteiger partial charge in [-0.15, -0.1) is 6.58 Å². The van der Waals surface area contributed by atoms with Crippen LogP contribution in [0.1, 0.15) is 37.6 Å². The Morgan fingerprint density at radius 2 is 2.40 bits per heavy atom. The zero-order valence-corrected chi connectivity index (χ0v) is 9.53.